The molecule has 1 aliphatic rings. The molecule has 0 radical (unpaired) electrons. The number of carbonyl (C=O) groups is 2. The molecule has 2 amide bonds. The molecule has 134 valence electrons. The van der Waals surface area contributed by atoms with Gasteiger partial charge in [-0.15, -0.1) is 11.3 Å². The van der Waals surface area contributed by atoms with Crippen LogP contribution >= 0.6 is 11.3 Å². The number of likely N-dealkylation sites (tertiary alicyclic amines) is 1. The molecule has 3 rings (SSSR count). The molecule has 2 aromatic rings. The summed E-state index contributed by atoms with van der Waals surface area (Å²) < 4.78 is 1.88. The van der Waals surface area contributed by atoms with E-state index < -0.39 is 0 Å². The molecule has 0 aromatic carbocycles. The second-order valence-electron chi connectivity index (χ2n) is 6.70. The normalized spacial score (nSPS) is 15.6. The monoisotopic (exact) mass is 361 g/mol. The number of nitrogens with one attached hydrogen (secondary N) is 1. The van der Waals surface area contributed by atoms with Gasteiger partial charge >= 0.3 is 0 Å². The smallest absolute Gasteiger partial charge is 0.265 e. The van der Waals surface area contributed by atoms with Crippen molar-refractivity contribution in [2.24, 2.45) is 5.92 Å². The predicted molar refractivity (Wildman–Crippen MR) is 96.6 cm³/mol. The third-order valence-corrected chi connectivity index (χ3v) is 5.03. The van der Waals surface area contributed by atoms with Gasteiger partial charge in [-0.05, 0) is 18.8 Å². The lowest BCUT2D eigenvalue weighted by molar-refractivity contribution is -0.116. The molecule has 0 aliphatic carbocycles. The Hall–Kier alpha value is -2.22. The van der Waals surface area contributed by atoms with Crippen LogP contribution in [0.3, 0.4) is 0 Å². The van der Waals surface area contributed by atoms with Gasteiger partial charge in [-0.2, -0.15) is 5.10 Å². The van der Waals surface area contributed by atoms with E-state index in [1.165, 1.54) is 11.3 Å². The van der Waals surface area contributed by atoms with Gasteiger partial charge < -0.3 is 10.2 Å². The van der Waals surface area contributed by atoms with Crippen molar-refractivity contribution < 1.29 is 9.59 Å². The number of aromatic nitrogens is 3. The van der Waals surface area contributed by atoms with Gasteiger partial charge in [0.15, 0.2) is 0 Å². The lowest BCUT2D eigenvalue weighted by atomic mass is 10.0. The molecule has 2 aromatic heterocycles. The van der Waals surface area contributed by atoms with E-state index in [4.69, 9.17) is 0 Å². The van der Waals surface area contributed by atoms with Crippen molar-refractivity contribution in [1.82, 2.24) is 19.7 Å². The Morgan fingerprint density at radius 2 is 2.12 bits per heavy atom. The summed E-state index contributed by atoms with van der Waals surface area (Å²) in [5, 5.41) is 7.33. The van der Waals surface area contributed by atoms with Gasteiger partial charge in [0.1, 0.15) is 10.7 Å². The number of carbonyl (C=O) groups excluding carboxylic acids is 2. The molecular formula is C17H23N5O2S. The molecule has 25 heavy (non-hydrogen) atoms. The predicted octanol–water partition coefficient (Wildman–Crippen LogP) is 2.80. The topological polar surface area (TPSA) is 80.1 Å². The fraction of sp³-hybridized carbons (Fsp3) is 0.529. The Morgan fingerprint density at radius 3 is 2.76 bits per heavy atom. The number of piperidine rings is 1. The molecule has 1 aliphatic heterocycles. The van der Waals surface area contributed by atoms with Crippen molar-refractivity contribution in [3.8, 4) is 0 Å². The van der Waals surface area contributed by atoms with Gasteiger partial charge in [0, 0.05) is 25.6 Å². The summed E-state index contributed by atoms with van der Waals surface area (Å²) in [6, 6.07) is 2.02. The molecule has 3 heterocycles. The Balaban J connectivity index is 1.59. The second-order valence-corrected chi connectivity index (χ2v) is 7.58. The number of rotatable bonds is 5. The third-order valence-electron chi connectivity index (χ3n) is 4.27. The van der Waals surface area contributed by atoms with Gasteiger partial charge in [0.2, 0.25) is 5.91 Å². The van der Waals surface area contributed by atoms with E-state index in [0.717, 1.165) is 18.7 Å². The first-order chi connectivity index (χ1) is 12.0. The van der Waals surface area contributed by atoms with Gasteiger partial charge in [-0.1, -0.05) is 13.8 Å². The van der Waals surface area contributed by atoms with Crippen molar-refractivity contribution in [1.29, 1.82) is 0 Å². The molecule has 1 fully saturated rings. The van der Waals surface area contributed by atoms with E-state index in [1.807, 2.05) is 29.5 Å². The molecule has 0 saturated carbocycles. The molecule has 0 atom stereocenters. The lowest BCUT2D eigenvalue weighted by Gasteiger charge is -2.32. The third kappa shape index (κ3) is 4.25. The van der Waals surface area contributed by atoms with Crippen molar-refractivity contribution in [3.63, 3.8) is 0 Å². The SMILES string of the molecule is CC(C)CC(=O)Nc1ccnn1C1CCN(C(=O)c2cncs2)CC1. The summed E-state index contributed by atoms with van der Waals surface area (Å²) in [5.41, 5.74) is 1.68. The largest absolute Gasteiger partial charge is 0.338 e. The molecule has 0 spiro atoms. The van der Waals surface area contributed by atoms with Crippen LogP contribution in [-0.4, -0.2) is 44.6 Å². The quantitative estimate of drug-likeness (QED) is 0.888. The zero-order valence-corrected chi connectivity index (χ0v) is 15.3. The molecule has 7 nitrogen and oxygen atoms in total. The molecular weight excluding hydrogens is 338 g/mol. The molecule has 0 unspecified atom stereocenters. The number of hydrogen-bond acceptors (Lipinski definition) is 5. The maximum Gasteiger partial charge on any atom is 0.265 e. The van der Waals surface area contributed by atoms with Crippen LogP contribution in [0.15, 0.2) is 24.0 Å². The zero-order valence-electron chi connectivity index (χ0n) is 14.5. The van der Waals surface area contributed by atoms with E-state index in [1.54, 1.807) is 17.9 Å². The average Bonchev–Trinajstić information content (AvgIpc) is 3.25. The van der Waals surface area contributed by atoms with Crippen LogP contribution in [0.5, 0.6) is 0 Å². The van der Waals surface area contributed by atoms with Gasteiger partial charge in [-0.3, -0.25) is 14.6 Å². The maximum atomic E-state index is 12.4. The van der Waals surface area contributed by atoms with Crippen LogP contribution in [0.2, 0.25) is 0 Å². The van der Waals surface area contributed by atoms with Crippen LogP contribution in [0.1, 0.15) is 48.8 Å². The maximum absolute atomic E-state index is 12.4. The minimum atomic E-state index is 0.00885. The van der Waals surface area contributed by atoms with E-state index in [9.17, 15) is 9.59 Å². The van der Waals surface area contributed by atoms with Crippen LogP contribution in [0.25, 0.3) is 0 Å². The molecule has 0 bridgehead atoms. The highest BCUT2D eigenvalue weighted by molar-refractivity contribution is 7.11. The summed E-state index contributed by atoms with van der Waals surface area (Å²) in [4.78, 5) is 30.9. The summed E-state index contributed by atoms with van der Waals surface area (Å²) >= 11 is 1.37. The van der Waals surface area contributed by atoms with Crippen molar-refractivity contribution >= 4 is 29.0 Å². The van der Waals surface area contributed by atoms with Gasteiger partial charge in [-0.25, -0.2) is 4.68 Å². The minimum absolute atomic E-state index is 0.00885. The average molecular weight is 361 g/mol. The first-order valence-electron chi connectivity index (χ1n) is 8.55. The number of anilines is 1. The van der Waals surface area contributed by atoms with Crippen LogP contribution < -0.4 is 5.32 Å². The highest BCUT2D eigenvalue weighted by Crippen LogP contribution is 2.26. The summed E-state index contributed by atoms with van der Waals surface area (Å²) in [6.07, 6.45) is 5.46. The number of hydrogen-bond donors (Lipinski definition) is 1. The Bertz CT molecular complexity index is 717. The standard InChI is InChI=1S/C17H23N5O2S/c1-12(2)9-16(23)20-15-3-6-19-22(15)13-4-7-21(8-5-13)17(24)14-10-18-11-25-14/h3,6,10-13H,4-5,7-9H2,1-2H3,(H,20,23). The lowest BCUT2D eigenvalue weighted by Crippen LogP contribution is -2.39. The molecule has 8 heteroatoms. The zero-order chi connectivity index (χ0) is 17.8. The minimum Gasteiger partial charge on any atom is -0.338 e. The van der Waals surface area contributed by atoms with Crippen LogP contribution in [0, 0.1) is 5.92 Å². The summed E-state index contributed by atoms with van der Waals surface area (Å²) in [7, 11) is 0. The van der Waals surface area contributed by atoms with Crippen molar-refractivity contribution in [3.05, 3.63) is 28.8 Å². The Morgan fingerprint density at radius 1 is 1.36 bits per heavy atom. The van der Waals surface area contributed by atoms with Crippen molar-refractivity contribution in [2.45, 2.75) is 39.2 Å². The van der Waals surface area contributed by atoms with Gasteiger partial charge in [0.05, 0.1) is 23.9 Å². The van der Waals surface area contributed by atoms with E-state index >= 15 is 0 Å². The highest BCUT2D eigenvalue weighted by atomic mass is 32.1. The Kier molecular flexibility index (Phi) is 5.47. The van der Waals surface area contributed by atoms with Gasteiger partial charge in [0.25, 0.3) is 5.91 Å². The van der Waals surface area contributed by atoms with Crippen LogP contribution in [-0.2, 0) is 4.79 Å². The summed E-state index contributed by atoms with van der Waals surface area (Å²) in [5.74, 6) is 1.11. The van der Waals surface area contributed by atoms with E-state index in [2.05, 4.69) is 15.4 Å². The highest BCUT2D eigenvalue weighted by Gasteiger charge is 2.27. The van der Waals surface area contributed by atoms with E-state index in [0.29, 0.717) is 30.3 Å². The summed E-state index contributed by atoms with van der Waals surface area (Å²) in [6.45, 7) is 5.40. The fourth-order valence-electron chi connectivity index (χ4n) is 3.06. The van der Waals surface area contributed by atoms with E-state index in [-0.39, 0.29) is 17.9 Å². The number of amides is 2. The molecule has 1 N–H and O–H groups in total. The van der Waals surface area contributed by atoms with Crippen LogP contribution in [0.4, 0.5) is 5.82 Å². The first kappa shape index (κ1) is 17.6. The Labute approximate surface area is 151 Å². The molecule has 1 saturated heterocycles. The van der Waals surface area contributed by atoms with Crippen molar-refractivity contribution in [2.75, 3.05) is 18.4 Å². The first-order valence-corrected chi connectivity index (χ1v) is 9.43. The number of nitrogens with zero attached hydrogens (tertiary/aromatic N) is 4. The second kappa shape index (κ2) is 7.77. The fourth-order valence-corrected chi connectivity index (χ4v) is 3.65. The number of thiazole rings is 1.